The number of anilines is 1. The molecular formula is C15H19NOS. The van der Waals surface area contributed by atoms with Gasteiger partial charge in [0.25, 0.3) is 0 Å². The number of furan rings is 1. The normalized spacial score (nSPS) is 10.6. The monoisotopic (exact) mass is 261 g/mol. The van der Waals surface area contributed by atoms with Crippen LogP contribution >= 0.6 is 11.8 Å². The fourth-order valence-electron chi connectivity index (χ4n) is 1.85. The van der Waals surface area contributed by atoms with Gasteiger partial charge in [0, 0.05) is 5.69 Å². The summed E-state index contributed by atoms with van der Waals surface area (Å²) in [5.74, 6) is 2.96. The van der Waals surface area contributed by atoms with Crippen LogP contribution in [0.15, 0.2) is 34.7 Å². The maximum atomic E-state index is 5.73. The molecule has 0 aliphatic rings. The van der Waals surface area contributed by atoms with Crippen molar-refractivity contribution in [2.75, 3.05) is 11.6 Å². The van der Waals surface area contributed by atoms with Gasteiger partial charge in [0.2, 0.25) is 0 Å². The van der Waals surface area contributed by atoms with Gasteiger partial charge in [-0.2, -0.15) is 11.8 Å². The molecule has 0 radical (unpaired) electrons. The van der Waals surface area contributed by atoms with E-state index in [2.05, 4.69) is 49.7 Å². The summed E-state index contributed by atoms with van der Waals surface area (Å²) >= 11 is 1.77. The second-order valence-corrected chi connectivity index (χ2v) is 5.34. The van der Waals surface area contributed by atoms with Crippen molar-refractivity contribution in [1.82, 2.24) is 0 Å². The third kappa shape index (κ3) is 3.33. The first-order valence-electron chi connectivity index (χ1n) is 6.06. The van der Waals surface area contributed by atoms with E-state index >= 15 is 0 Å². The number of nitrogens with one attached hydrogen (secondary N) is 1. The SMILES string of the molecule is CSCc1ccc(CNc2cc(C)ccc2C)o1. The lowest BCUT2D eigenvalue weighted by molar-refractivity contribution is 0.487. The van der Waals surface area contributed by atoms with Crippen molar-refractivity contribution < 1.29 is 4.42 Å². The molecule has 0 amide bonds. The van der Waals surface area contributed by atoms with Gasteiger partial charge in [-0.15, -0.1) is 0 Å². The van der Waals surface area contributed by atoms with Crippen LogP contribution in [-0.2, 0) is 12.3 Å². The van der Waals surface area contributed by atoms with Crippen molar-refractivity contribution in [3.63, 3.8) is 0 Å². The number of hydrogen-bond donors (Lipinski definition) is 1. The minimum atomic E-state index is 0.735. The zero-order chi connectivity index (χ0) is 13.0. The van der Waals surface area contributed by atoms with Gasteiger partial charge >= 0.3 is 0 Å². The molecule has 1 N–H and O–H groups in total. The largest absolute Gasteiger partial charge is 0.463 e. The number of aryl methyl sites for hydroxylation is 2. The van der Waals surface area contributed by atoms with Crippen molar-refractivity contribution in [3.8, 4) is 0 Å². The number of benzene rings is 1. The maximum absolute atomic E-state index is 5.73. The van der Waals surface area contributed by atoms with E-state index < -0.39 is 0 Å². The highest BCUT2D eigenvalue weighted by Gasteiger charge is 2.03. The zero-order valence-corrected chi connectivity index (χ0v) is 11.9. The fraction of sp³-hybridized carbons (Fsp3) is 0.333. The van der Waals surface area contributed by atoms with Gasteiger partial charge in [-0.25, -0.2) is 0 Å². The molecule has 0 bridgehead atoms. The fourth-order valence-corrected chi connectivity index (χ4v) is 2.29. The van der Waals surface area contributed by atoms with E-state index in [0.717, 1.165) is 23.8 Å². The molecule has 0 atom stereocenters. The average Bonchev–Trinajstić information content (AvgIpc) is 2.79. The smallest absolute Gasteiger partial charge is 0.123 e. The molecule has 2 nitrogen and oxygen atoms in total. The molecule has 2 rings (SSSR count). The lowest BCUT2D eigenvalue weighted by atomic mass is 10.1. The van der Waals surface area contributed by atoms with E-state index in [4.69, 9.17) is 4.42 Å². The molecule has 1 aromatic carbocycles. The van der Waals surface area contributed by atoms with Gasteiger partial charge in [0.1, 0.15) is 11.5 Å². The van der Waals surface area contributed by atoms with Crippen LogP contribution in [0, 0.1) is 13.8 Å². The third-order valence-electron chi connectivity index (χ3n) is 2.85. The molecule has 0 aliphatic carbocycles. The van der Waals surface area contributed by atoms with Gasteiger partial charge < -0.3 is 9.73 Å². The van der Waals surface area contributed by atoms with E-state index in [1.807, 2.05) is 6.07 Å². The predicted molar refractivity (Wildman–Crippen MR) is 79.2 cm³/mol. The average molecular weight is 261 g/mol. The zero-order valence-electron chi connectivity index (χ0n) is 11.1. The second kappa shape index (κ2) is 6.01. The van der Waals surface area contributed by atoms with E-state index in [-0.39, 0.29) is 0 Å². The first kappa shape index (κ1) is 13.1. The summed E-state index contributed by atoms with van der Waals surface area (Å²) in [7, 11) is 0. The molecule has 1 aromatic heterocycles. The summed E-state index contributed by atoms with van der Waals surface area (Å²) in [6.07, 6.45) is 2.08. The van der Waals surface area contributed by atoms with Gasteiger partial charge in [0.15, 0.2) is 0 Å². The van der Waals surface area contributed by atoms with Crippen LogP contribution in [0.3, 0.4) is 0 Å². The van der Waals surface area contributed by atoms with Crippen molar-refractivity contribution in [1.29, 1.82) is 0 Å². The summed E-state index contributed by atoms with van der Waals surface area (Å²) in [5.41, 5.74) is 3.71. The lowest BCUT2D eigenvalue weighted by Crippen LogP contribution is -2.00. The van der Waals surface area contributed by atoms with Crippen molar-refractivity contribution in [3.05, 3.63) is 53.0 Å². The third-order valence-corrected chi connectivity index (χ3v) is 3.42. The summed E-state index contributed by atoms with van der Waals surface area (Å²) in [5, 5.41) is 3.42. The van der Waals surface area contributed by atoms with Crippen molar-refractivity contribution in [2.45, 2.75) is 26.1 Å². The van der Waals surface area contributed by atoms with Crippen LogP contribution in [0.2, 0.25) is 0 Å². The Balaban J connectivity index is 1.99. The molecule has 2 aromatic rings. The maximum Gasteiger partial charge on any atom is 0.123 e. The van der Waals surface area contributed by atoms with Crippen LogP contribution in [0.25, 0.3) is 0 Å². The highest BCUT2D eigenvalue weighted by atomic mass is 32.2. The Morgan fingerprint density at radius 1 is 1.11 bits per heavy atom. The van der Waals surface area contributed by atoms with Crippen molar-refractivity contribution >= 4 is 17.4 Å². The topological polar surface area (TPSA) is 25.2 Å². The number of hydrogen-bond acceptors (Lipinski definition) is 3. The van der Waals surface area contributed by atoms with Gasteiger partial charge in [0.05, 0.1) is 12.3 Å². The Labute approximate surface area is 113 Å². The Morgan fingerprint density at radius 3 is 2.67 bits per heavy atom. The standard InChI is InChI=1S/C15H19NOS/c1-11-4-5-12(2)15(8-11)16-9-13-6-7-14(17-13)10-18-3/h4-8,16H,9-10H2,1-3H3. The van der Waals surface area contributed by atoms with Crippen LogP contribution in [0.5, 0.6) is 0 Å². The van der Waals surface area contributed by atoms with Crippen LogP contribution in [0.4, 0.5) is 5.69 Å². The first-order chi connectivity index (χ1) is 8.69. The van der Waals surface area contributed by atoms with Gasteiger partial charge in [-0.05, 0) is 49.4 Å². The lowest BCUT2D eigenvalue weighted by Gasteiger charge is -2.09. The molecule has 0 fully saturated rings. The van der Waals surface area contributed by atoms with Crippen molar-refractivity contribution in [2.24, 2.45) is 0 Å². The summed E-state index contributed by atoms with van der Waals surface area (Å²) in [4.78, 5) is 0. The van der Waals surface area contributed by atoms with Gasteiger partial charge in [-0.3, -0.25) is 0 Å². The molecule has 0 saturated heterocycles. The summed E-state index contributed by atoms with van der Waals surface area (Å²) in [6.45, 7) is 4.95. The molecule has 0 aliphatic heterocycles. The minimum absolute atomic E-state index is 0.735. The molecule has 0 saturated carbocycles. The van der Waals surface area contributed by atoms with Crippen LogP contribution in [0.1, 0.15) is 22.6 Å². The summed E-state index contributed by atoms with van der Waals surface area (Å²) < 4.78 is 5.73. The highest BCUT2D eigenvalue weighted by molar-refractivity contribution is 7.97. The number of rotatable bonds is 5. The minimum Gasteiger partial charge on any atom is -0.463 e. The van der Waals surface area contributed by atoms with Crippen LogP contribution in [-0.4, -0.2) is 6.26 Å². The highest BCUT2D eigenvalue weighted by Crippen LogP contribution is 2.19. The molecule has 0 unspecified atom stereocenters. The summed E-state index contributed by atoms with van der Waals surface area (Å²) in [6, 6.07) is 10.5. The quantitative estimate of drug-likeness (QED) is 0.865. The molecule has 18 heavy (non-hydrogen) atoms. The van der Waals surface area contributed by atoms with Gasteiger partial charge in [-0.1, -0.05) is 12.1 Å². The van der Waals surface area contributed by atoms with E-state index in [1.165, 1.54) is 16.8 Å². The Hall–Kier alpha value is -1.35. The molecule has 96 valence electrons. The number of thioether (sulfide) groups is 1. The van der Waals surface area contributed by atoms with Crippen LogP contribution < -0.4 is 5.32 Å². The van der Waals surface area contributed by atoms with E-state index in [1.54, 1.807) is 11.8 Å². The molecule has 3 heteroatoms. The molecular weight excluding hydrogens is 242 g/mol. The Bertz CT molecular complexity index is 519. The molecule has 0 spiro atoms. The molecule has 1 heterocycles. The second-order valence-electron chi connectivity index (χ2n) is 4.47. The van der Waals surface area contributed by atoms with E-state index in [0.29, 0.717) is 0 Å². The Morgan fingerprint density at radius 2 is 1.89 bits per heavy atom. The van der Waals surface area contributed by atoms with E-state index in [9.17, 15) is 0 Å². The predicted octanol–water partition coefficient (Wildman–Crippen LogP) is 4.37. The first-order valence-corrected chi connectivity index (χ1v) is 7.46. The Kier molecular flexibility index (Phi) is 4.37.